The van der Waals surface area contributed by atoms with Crippen molar-refractivity contribution in [3.05, 3.63) is 0 Å². The number of amides is 1. The van der Waals surface area contributed by atoms with Crippen molar-refractivity contribution in [1.82, 2.24) is 4.90 Å². The van der Waals surface area contributed by atoms with E-state index in [0.29, 0.717) is 24.9 Å². The van der Waals surface area contributed by atoms with Gasteiger partial charge in [0.25, 0.3) is 0 Å². The Balaban J connectivity index is 1.64. The second-order valence-corrected chi connectivity index (χ2v) is 7.44. The summed E-state index contributed by atoms with van der Waals surface area (Å²) in [7, 11) is 0. The summed E-state index contributed by atoms with van der Waals surface area (Å²) in [6, 6.07) is 0.880. The molecule has 0 aromatic heterocycles. The molecule has 0 radical (unpaired) electrons. The van der Waals surface area contributed by atoms with Crippen molar-refractivity contribution in [2.24, 2.45) is 17.8 Å². The standard InChI is InChI=1S/C17H27NO3/c1-11-2-6-14(7-3-11)18(15-8-9-15)16(19)12-4-5-13(10-12)17(20)21/h11-15H,2-10H2,1H3,(H,20,21)/t11?,12-,13+,14?/m1/s1. The van der Waals surface area contributed by atoms with Gasteiger partial charge in [-0.15, -0.1) is 0 Å². The van der Waals surface area contributed by atoms with Gasteiger partial charge in [0, 0.05) is 18.0 Å². The van der Waals surface area contributed by atoms with Crippen LogP contribution in [0.5, 0.6) is 0 Å². The maximum absolute atomic E-state index is 12.9. The number of carbonyl (C=O) groups excluding carboxylic acids is 1. The van der Waals surface area contributed by atoms with E-state index in [9.17, 15) is 9.59 Å². The van der Waals surface area contributed by atoms with E-state index >= 15 is 0 Å². The van der Waals surface area contributed by atoms with Crippen molar-refractivity contribution in [2.75, 3.05) is 0 Å². The first-order valence-electron chi connectivity index (χ1n) is 8.61. The van der Waals surface area contributed by atoms with Crippen LogP contribution in [0.1, 0.15) is 64.7 Å². The molecular formula is C17H27NO3. The van der Waals surface area contributed by atoms with E-state index in [-0.39, 0.29) is 17.7 Å². The molecule has 0 bridgehead atoms. The van der Waals surface area contributed by atoms with Crippen LogP contribution >= 0.6 is 0 Å². The number of hydrogen-bond acceptors (Lipinski definition) is 2. The Morgan fingerprint density at radius 2 is 1.38 bits per heavy atom. The number of nitrogens with zero attached hydrogens (tertiary/aromatic N) is 1. The van der Waals surface area contributed by atoms with Crippen LogP contribution < -0.4 is 0 Å². The summed E-state index contributed by atoms with van der Waals surface area (Å²) in [6.07, 6.45) is 9.01. The number of carboxylic acid groups (broad SMARTS) is 1. The summed E-state index contributed by atoms with van der Waals surface area (Å²) >= 11 is 0. The predicted molar refractivity (Wildman–Crippen MR) is 79.8 cm³/mol. The van der Waals surface area contributed by atoms with Gasteiger partial charge in [-0.25, -0.2) is 0 Å². The molecule has 1 amide bonds. The van der Waals surface area contributed by atoms with Crippen molar-refractivity contribution in [2.45, 2.75) is 76.8 Å². The number of carboxylic acids is 1. The lowest BCUT2D eigenvalue weighted by atomic mass is 9.86. The molecule has 3 fully saturated rings. The second-order valence-electron chi connectivity index (χ2n) is 7.44. The summed E-state index contributed by atoms with van der Waals surface area (Å²) in [4.78, 5) is 26.2. The second kappa shape index (κ2) is 5.98. The molecule has 118 valence electrons. The number of rotatable bonds is 4. The van der Waals surface area contributed by atoms with Gasteiger partial charge in [-0.05, 0) is 63.7 Å². The molecule has 0 saturated heterocycles. The molecule has 21 heavy (non-hydrogen) atoms. The SMILES string of the molecule is CC1CCC(N(C(=O)[C@@H]2CC[C@H](C(=O)O)C2)C2CC2)CC1. The number of carbonyl (C=O) groups is 2. The Hall–Kier alpha value is -1.06. The fraction of sp³-hybridized carbons (Fsp3) is 0.882. The van der Waals surface area contributed by atoms with Gasteiger partial charge < -0.3 is 10.0 Å². The molecule has 3 aliphatic rings. The van der Waals surface area contributed by atoms with Crippen LogP contribution in [0.15, 0.2) is 0 Å². The van der Waals surface area contributed by atoms with Gasteiger partial charge >= 0.3 is 5.97 Å². The molecule has 4 nitrogen and oxygen atoms in total. The van der Waals surface area contributed by atoms with E-state index in [1.807, 2.05) is 0 Å². The van der Waals surface area contributed by atoms with Gasteiger partial charge in [-0.2, -0.15) is 0 Å². The van der Waals surface area contributed by atoms with Gasteiger partial charge in [-0.3, -0.25) is 9.59 Å². The predicted octanol–water partition coefficient (Wildman–Crippen LogP) is 3.06. The first-order valence-corrected chi connectivity index (χ1v) is 8.61. The summed E-state index contributed by atoms with van der Waals surface area (Å²) in [5, 5.41) is 9.13. The molecule has 0 heterocycles. The molecule has 1 N–H and O–H groups in total. The fourth-order valence-corrected chi connectivity index (χ4v) is 4.17. The smallest absolute Gasteiger partial charge is 0.306 e. The van der Waals surface area contributed by atoms with Gasteiger partial charge in [0.15, 0.2) is 0 Å². The van der Waals surface area contributed by atoms with Crippen molar-refractivity contribution in [3.8, 4) is 0 Å². The average molecular weight is 293 g/mol. The molecular weight excluding hydrogens is 266 g/mol. The molecule has 3 saturated carbocycles. The van der Waals surface area contributed by atoms with Crippen LogP contribution in [0.25, 0.3) is 0 Å². The van der Waals surface area contributed by atoms with Crippen LogP contribution in [-0.4, -0.2) is 34.0 Å². The van der Waals surface area contributed by atoms with E-state index in [4.69, 9.17) is 5.11 Å². The largest absolute Gasteiger partial charge is 0.481 e. The lowest BCUT2D eigenvalue weighted by Crippen LogP contribution is -2.46. The minimum atomic E-state index is -0.727. The maximum atomic E-state index is 12.9. The maximum Gasteiger partial charge on any atom is 0.306 e. The van der Waals surface area contributed by atoms with Crippen molar-refractivity contribution < 1.29 is 14.7 Å². The first kappa shape index (κ1) is 14.9. The zero-order valence-electron chi connectivity index (χ0n) is 13.0. The van der Waals surface area contributed by atoms with Crippen LogP contribution in [0.2, 0.25) is 0 Å². The highest BCUT2D eigenvalue weighted by Crippen LogP contribution is 2.39. The van der Waals surface area contributed by atoms with Gasteiger partial charge in [-0.1, -0.05) is 6.92 Å². The average Bonchev–Trinajstić information content (AvgIpc) is 3.15. The van der Waals surface area contributed by atoms with Gasteiger partial charge in [0.1, 0.15) is 0 Å². The van der Waals surface area contributed by atoms with Crippen LogP contribution in [0.3, 0.4) is 0 Å². The summed E-state index contributed by atoms with van der Waals surface area (Å²) in [5.41, 5.74) is 0. The van der Waals surface area contributed by atoms with E-state index in [1.54, 1.807) is 0 Å². The van der Waals surface area contributed by atoms with Gasteiger partial charge in [0.2, 0.25) is 5.91 Å². The minimum Gasteiger partial charge on any atom is -0.481 e. The molecule has 3 aliphatic carbocycles. The molecule has 2 atom stereocenters. The Bertz CT molecular complexity index is 410. The molecule has 0 aliphatic heterocycles. The quantitative estimate of drug-likeness (QED) is 0.866. The first-order chi connectivity index (χ1) is 10.1. The summed E-state index contributed by atoms with van der Waals surface area (Å²) < 4.78 is 0. The zero-order valence-corrected chi connectivity index (χ0v) is 13.0. The molecule has 4 heteroatoms. The van der Waals surface area contributed by atoms with E-state index in [1.165, 1.54) is 12.8 Å². The third-order valence-corrected chi connectivity index (χ3v) is 5.70. The topological polar surface area (TPSA) is 57.6 Å². The van der Waals surface area contributed by atoms with Crippen molar-refractivity contribution in [3.63, 3.8) is 0 Å². The zero-order chi connectivity index (χ0) is 15.0. The third-order valence-electron chi connectivity index (χ3n) is 5.70. The molecule has 3 rings (SSSR count). The molecule has 0 spiro atoms. The van der Waals surface area contributed by atoms with Gasteiger partial charge in [0.05, 0.1) is 5.92 Å². The minimum absolute atomic E-state index is 0.0361. The van der Waals surface area contributed by atoms with E-state index < -0.39 is 5.97 Å². The summed E-state index contributed by atoms with van der Waals surface area (Å²) in [5.74, 6) is -0.00623. The van der Waals surface area contributed by atoms with Crippen LogP contribution in [-0.2, 0) is 9.59 Å². The van der Waals surface area contributed by atoms with E-state index in [2.05, 4.69) is 11.8 Å². The van der Waals surface area contributed by atoms with Crippen molar-refractivity contribution in [1.29, 1.82) is 0 Å². The monoisotopic (exact) mass is 293 g/mol. The lowest BCUT2D eigenvalue weighted by Gasteiger charge is -2.38. The number of hydrogen-bond donors (Lipinski definition) is 1. The highest BCUT2D eigenvalue weighted by Gasteiger charge is 2.43. The third kappa shape index (κ3) is 3.24. The highest BCUT2D eigenvalue weighted by molar-refractivity contribution is 5.81. The molecule has 0 unspecified atom stereocenters. The van der Waals surface area contributed by atoms with Crippen LogP contribution in [0, 0.1) is 17.8 Å². The number of aliphatic carboxylic acids is 1. The molecule has 0 aromatic rings. The summed E-state index contributed by atoms with van der Waals surface area (Å²) in [6.45, 7) is 2.30. The van der Waals surface area contributed by atoms with Crippen LogP contribution in [0.4, 0.5) is 0 Å². The Morgan fingerprint density at radius 1 is 0.857 bits per heavy atom. The Morgan fingerprint density at radius 3 is 1.86 bits per heavy atom. The Kier molecular flexibility index (Phi) is 4.23. The highest BCUT2D eigenvalue weighted by atomic mass is 16.4. The van der Waals surface area contributed by atoms with Crippen molar-refractivity contribution >= 4 is 11.9 Å². The molecule has 0 aromatic carbocycles. The lowest BCUT2D eigenvalue weighted by molar-refractivity contribution is -0.142. The fourth-order valence-electron chi connectivity index (χ4n) is 4.17. The Labute approximate surface area is 126 Å². The van der Waals surface area contributed by atoms with E-state index in [0.717, 1.165) is 38.0 Å². The normalized spacial score (nSPS) is 36.4.